The van der Waals surface area contributed by atoms with Crippen molar-refractivity contribution in [1.82, 2.24) is 9.97 Å². The lowest BCUT2D eigenvalue weighted by atomic mass is 9.99. The number of hydrogen-bond donors (Lipinski definition) is 2. The number of anilines is 2. The Bertz CT molecular complexity index is 473. The SMILES string of the molecule is CCNc1cc(N2CCCCC2CCO)nc(C2CC2)n1. The second kappa shape index (κ2) is 6.60. The summed E-state index contributed by atoms with van der Waals surface area (Å²) in [6.07, 6.45) is 6.88. The van der Waals surface area contributed by atoms with Crippen LogP contribution < -0.4 is 10.2 Å². The molecule has 2 aliphatic rings. The molecule has 0 amide bonds. The Kier molecular flexibility index (Phi) is 4.58. The van der Waals surface area contributed by atoms with Gasteiger partial charge in [-0.15, -0.1) is 0 Å². The zero-order chi connectivity index (χ0) is 14.7. The van der Waals surface area contributed by atoms with Gasteiger partial charge in [-0.2, -0.15) is 0 Å². The molecule has 0 radical (unpaired) electrons. The third kappa shape index (κ3) is 3.46. The summed E-state index contributed by atoms with van der Waals surface area (Å²) in [5.41, 5.74) is 0. The van der Waals surface area contributed by atoms with Crippen LogP contribution in [0.25, 0.3) is 0 Å². The lowest BCUT2D eigenvalue weighted by molar-refractivity contribution is 0.262. The highest BCUT2D eigenvalue weighted by atomic mass is 16.3. The monoisotopic (exact) mass is 290 g/mol. The Morgan fingerprint density at radius 2 is 2.14 bits per heavy atom. The highest BCUT2D eigenvalue weighted by Crippen LogP contribution is 2.39. The fraction of sp³-hybridized carbons (Fsp3) is 0.750. The topological polar surface area (TPSA) is 61.3 Å². The molecule has 1 aliphatic carbocycles. The number of aliphatic hydroxyl groups excluding tert-OH is 1. The Balaban J connectivity index is 1.87. The predicted octanol–water partition coefficient (Wildman–Crippen LogP) is 2.53. The van der Waals surface area contributed by atoms with Gasteiger partial charge in [0.1, 0.15) is 17.5 Å². The first kappa shape index (κ1) is 14.6. The number of piperidine rings is 1. The molecule has 2 fully saturated rings. The third-order valence-electron chi connectivity index (χ3n) is 4.41. The number of nitrogens with one attached hydrogen (secondary N) is 1. The number of nitrogens with zero attached hydrogens (tertiary/aromatic N) is 3. The number of aliphatic hydroxyl groups is 1. The van der Waals surface area contributed by atoms with Gasteiger partial charge in [-0.25, -0.2) is 9.97 Å². The van der Waals surface area contributed by atoms with Crippen LogP contribution in [0.5, 0.6) is 0 Å². The molecule has 1 saturated carbocycles. The Labute approximate surface area is 126 Å². The van der Waals surface area contributed by atoms with Crippen LogP contribution in [0, 0.1) is 0 Å². The summed E-state index contributed by atoms with van der Waals surface area (Å²) in [5.74, 6) is 3.54. The van der Waals surface area contributed by atoms with Crippen LogP contribution in [0.3, 0.4) is 0 Å². The molecule has 1 unspecified atom stereocenters. The van der Waals surface area contributed by atoms with Crippen molar-refractivity contribution in [2.24, 2.45) is 0 Å². The highest BCUT2D eigenvalue weighted by Gasteiger charge is 2.29. The summed E-state index contributed by atoms with van der Waals surface area (Å²) in [4.78, 5) is 11.9. The minimum absolute atomic E-state index is 0.252. The molecule has 5 heteroatoms. The molecule has 1 aromatic heterocycles. The van der Waals surface area contributed by atoms with Crippen LogP contribution >= 0.6 is 0 Å². The molecule has 2 heterocycles. The van der Waals surface area contributed by atoms with Gasteiger partial charge in [0.25, 0.3) is 0 Å². The van der Waals surface area contributed by atoms with Crippen molar-refractivity contribution in [3.63, 3.8) is 0 Å². The first-order chi connectivity index (χ1) is 10.3. The molecular formula is C16H26N4O. The summed E-state index contributed by atoms with van der Waals surface area (Å²) in [6.45, 7) is 4.26. The summed E-state index contributed by atoms with van der Waals surface area (Å²) in [7, 11) is 0. The Morgan fingerprint density at radius 1 is 1.29 bits per heavy atom. The van der Waals surface area contributed by atoms with E-state index in [2.05, 4.69) is 28.2 Å². The van der Waals surface area contributed by atoms with Gasteiger partial charge in [0.15, 0.2) is 0 Å². The van der Waals surface area contributed by atoms with Crippen molar-refractivity contribution >= 4 is 11.6 Å². The van der Waals surface area contributed by atoms with E-state index in [4.69, 9.17) is 4.98 Å². The van der Waals surface area contributed by atoms with E-state index >= 15 is 0 Å². The number of aromatic nitrogens is 2. The van der Waals surface area contributed by atoms with Gasteiger partial charge in [0.2, 0.25) is 0 Å². The maximum Gasteiger partial charge on any atom is 0.136 e. The van der Waals surface area contributed by atoms with Gasteiger partial charge in [0.05, 0.1) is 0 Å². The molecule has 0 bridgehead atoms. The smallest absolute Gasteiger partial charge is 0.136 e. The van der Waals surface area contributed by atoms with Crippen LogP contribution in [0.15, 0.2) is 6.07 Å². The molecular weight excluding hydrogens is 264 g/mol. The molecule has 116 valence electrons. The van der Waals surface area contributed by atoms with Gasteiger partial charge in [-0.1, -0.05) is 0 Å². The number of hydrogen-bond acceptors (Lipinski definition) is 5. The Morgan fingerprint density at radius 3 is 2.86 bits per heavy atom. The van der Waals surface area contributed by atoms with Crippen molar-refractivity contribution in [1.29, 1.82) is 0 Å². The van der Waals surface area contributed by atoms with Gasteiger partial charge in [-0.05, 0) is 45.4 Å². The Hall–Kier alpha value is -1.36. The summed E-state index contributed by atoms with van der Waals surface area (Å²) in [5, 5.41) is 12.6. The van der Waals surface area contributed by atoms with E-state index in [0.29, 0.717) is 12.0 Å². The quantitative estimate of drug-likeness (QED) is 0.843. The van der Waals surface area contributed by atoms with E-state index in [0.717, 1.165) is 43.4 Å². The zero-order valence-electron chi connectivity index (χ0n) is 12.9. The van der Waals surface area contributed by atoms with E-state index < -0.39 is 0 Å². The minimum atomic E-state index is 0.252. The summed E-state index contributed by atoms with van der Waals surface area (Å²) < 4.78 is 0. The maximum absolute atomic E-state index is 9.30. The van der Waals surface area contributed by atoms with Gasteiger partial charge < -0.3 is 15.3 Å². The normalized spacial score (nSPS) is 22.4. The van der Waals surface area contributed by atoms with Gasteiger partial charge in [0, 0.05) is 37.7 Å². The molecule has 21 heavy (non-hydrogen) atoms. The fourth-order valence-corrected chi connectivity index (χ4v) is 3.15. The van der Waals surface area contributed by atoms with Gasteiger partial charge >= 0.3 is 0 Å². The number of rotatable bonds is 6. The van der Waals surface area contributed by atoms with E-state index in [9.17, 15) is 5.11 Å². The average Bonchev–Trinajstić information content (AvgIpc) is 3.33. The predicted molar refractivity (Wildman–Crippen MR) is 84.9 cm³/mol. The molecule has 1 aromatic rings. The average molecular weight is 290 g/mol. The highest BCUT2D eigenvalue weighted by molar-refractivity contribution is 5.51. The van der Waals surface area contributed by atoms with Crippen molar-refractivity contribution in [2.75, 3.05) is 29.9 Å². The third-order valence-corrected chi connectivity index (χ3v) is 4.41. The molecule has 1 saturated heterocycles. The van der Waals surface area contributed by atoms with E-state index in [1.54, 1.807) is 0 Å². The lowest BCUT2D eigenvalue weighted by Gasteiger charge is -2.36. The maximum atomic E-state index is 9.30. The van der Waals surface area contributed by atoms with Gasteiger partial charge in [-0.3, -0.25) is 0 Å². The van der Waals surface area contributed by atoms with Crippen molar-refractivity contribution in [2.45, 2.75) is 57.4 Å². The molecule has 2 N–H and O–H groups in total. The molecule has 1 atom stereocenters. The zero-order valence-corrected chi connectivity index (χ0v) is 12.9. The standard InChI is InChI=1S/C16H26N4O/c1-2-17-14-11-15(19-16(18-14)12-6-7-12)20-9-4-3-5-13(20)8-10-21/h11-13,21H,2-10H2,1H3,(H,17,18,19). The lowest BCUT2D eigenvalue weighted by Crippen LogP contribution is -2.40. The molecule has 0 aromatic carbocycles. The summed E-state index contributed by atoms with van der Waals surface area (Å²) >= 11 is 0. The van der Waals surface area contributed by atoms with Crippen molar-refractivity contribution < 1.29 is 5.11 Å². The second-order valence-corrected chi connectivity index (χ2v) is 6.13. The van der Waals surface area contributed by atoms with Crippen molar-refractivity contribution in [3.8, 4) is 0 Å². The van der Waals surface area contributed by atoms with Crippen LogP contribution in [-0.2, 0) is 0 Å². The van der Waals surface area contributed by atoms with Crippen molar-refractivity contribution in [3.05, 3.63) is 11.9 Å². The first-order valence-corrected chi connectivity index (χ1v) is 8.32. The van der Waals surface area contributed by atoms with E-state index in [-0.39, 0.29) is 6.61 Å². The van der Waals surface area contributed by atoms with E-state index in [1.807, 2.05) is 0 Å². The second-order valence-electron chi connectivity index (χ2n) is 6.13. The van der Waals surface area contributed by atoms with Crippen LogP contribution in [0.1, 0.15) is 57.2 Å². The molecule has 5 nitrogen and oxygen atoms in total. The molecule has 0 spiro atoms. The minimum Gasteiger partial charge on any atom is -0.396 e. The van der Waals surface area contributed by atoms with Crippen LogP contribution in [-0.4, -0.2) is 40.8 Å². The van der Waals surface area contributed by atoms with E-state index in [1.165, 1.54) is 25.7 Å². The van der Waals surface area contributed by atoms with Crippen LogP contribution in [0.4, 0.5) is 11.6 Å². The summed E-state index contributed by atoms with van der Waals surface area (Å²) in [6, 6.07) is 2.49. The molecule has 3 rings (SSSR count). The molecule has 1 aliphatic heterocycles. The largest absolute Gasteiger partial charge is 0.396 e. The fourth-order valence-electron chi connectivity index (χ4n) is 3.15. The first-order valence-electron chi connectivity index (χ1n) is 8.32. The van der Waals surface area contributed by atoms with Crippen LogP contribution in [0.2, 0.25) is 0 Å².